The highest BCUT2D eigenvalue weighted by Gasteiger charge is 2.33. The van der Waals surface area contributed by atoms with Crippen LogP contribution in [-0.4, -0.2) is 31.2 Å². The van der Waals surface area contributed by atoms with Crippen LogP contribution >= 0.6 is 11.3 Å². The lowest BCUT2D eigenvalue weighted by atomic mass is 9.95. The molecule has 0 aliphatic carbocycles. The summed E-state index contributed by atoms with van der Waals surface area (Å²) in [5, 5.41) is 0. The molecule has 0 unspecified atom stereocenters. The minimum absolute atomic E-state index is 0.207. The van der Waals surface area contributed by atoms with Gasteiger partial charge in [-0.15, -0.1) is 0 Å². The Morgan fingerprint density at radius 3 is 2.65 bits per heavy atom. The molecule has 8 heteroatoms. The average molecular weight is 438 g/mol. The molecule has 0 spiro atoms. The van der Waals surface area contributed by atoms with E-state index >= 15 is 0 Å². The summed E-state index contributed by atoms with van der Waals surface area (Å²) in [5.74, 6) is -0.463. The molecule has 7 nitrogen and oxygen atoms in total. The van der Waals surface area contributed by atoms with Gasteiger partial charge in [0.05, 0.1) is 41.0 Å². The van der Waals surface area contributed by atoms with Crippen LogP contribution in [0.1, 0.15) is 31.0 Å². The lowest BCUT2D eigenvalue weighted by molar-refractivity contribution is -0.139. The number of fused-ring (bicyclic) bond motifs is 1. The summed E-state index contributed by atoms with van der Waals surface area (Å²) in [6.07, 6.45) is 4.90. The summed E-state index contributed by atoms with van der Waals surface area (Å²) in [5.41, 5.74) is 3.35. The van der Waals surface area contributed by atoms with Crippen LogP contribution in [-0.2, 0) is 9.53 Å². The van der Waals surface area contributed by atoms with Crippen LogP contribution in [0.5, 0.6) is 0 Å². The van der Waals surface area contributed by atoms with Crippen LogP contribution < -0.4 is 19.8 Å². The van der Waals surface area contributed by atoms with Crippen molar-refractivity contribution in [2.75, 3.05) is 25.6 Å². The molecule has 0 saturated heterocycles. The number of carbonyl (C=O) groups excluding carboxylic acids is 1. The van der Waals surface area contributed by atoms with Gasteiger partial charge in [0, 0.05) is 25.3 Å². The molecule has 31 heavy (non-hydrogen) atoms. The molecule has 1 atom stereocenters. The molecular weight excluding hydrogens is 414 g/mol. The van der Waals surface area contributed by atoms with Crippen LogP contribution in [0.2, 0.25) is 0 Å². The molecule has 4 rings (SSSR count). The number of furan rings is 1. The summed E-state index contributed by atoms with van der Waals surface area (Å²) in [6, 6.07) is 8.98. The molecule has 0 bridgehead atoms. The third kappa shape index (κ3) is 3.86. The second kappa shape index (κ2) is 8.39. The first-order chi connectivity index (χ1) is 14.9. The Labute approximate surface area is 183 Å². The average Bonchev–Trinajstić information content (AvgIpc) is 3.35. The van der Waals surface area contributed by atoms with E-state index in [9.17, 15) is 9.59 Å². The number of benzene rings is 1. The lowest BCUT2D eigenvalue weighted by Gasteiger charge is -2.25. The Bertz CT molecular complexity index is 1310. The van der Waals surface area contributed by atoms with Crippen LogP contribution in [0.4, 0.5) is 5.69 Å². The van der Waals surface area contributed by atoms with Crippen molar-refractivity contribution in [1.29, 1.82) is 0 Å². The third-order valence-corrected chi connectivity index (χ3v) is 6.07. The van der Waals surface area contributed by atoms with E-state index in [0.29, 0.717) is 20.6 Å². The summed E-state index contributed by atoms with van der Waals surface area (Å²) in [4.78, 5) is 33.4. The van der Waals surface area contributed by atoms with Gasteiger partial charge >= 0.3 is 5.97 Å². The summed E-state index contributed by atoms with van der Waals surface area (Å²) < 4.78 is 12.5. The maximum Gasteiger partial charge on any atom is 0.338 e. The van der Waals surface area contributed by atoms with Gasteiger partial charge in [0.1, 0.15) is 0 Å². The SMILES string of the molecule is CCOC(=O)C1=C(C)N=c2s/c(=C\c3ccoc3)c(=O)n2[C@@H]1c1ccc(N(C)C)cc1. The molecule has 2 aromatic heterocycles. The molecule has 0 fully saturated rings. The molecule has 0 amide bonds. The van der Waals surface area contributed by atoms with E-state index in [0.717, 1.165) is 16.8 Å². The molecule has 3 aromatic rings. The van der Waals surface area contributed by atoms with E-state index in [1.165, 1.54) is 11.3 Å². The number of carbonyl (C=O) groups is 1. The van der Waals surface area contributed by atoms with E-state index in [-0.39, 0.29) is 12.2 Å². The van der Waals surface area contributed by atoms with E-state index < -0.39 is 12.0 Å². The number of thiazole rings is 1. The first kappa shape index (κ1) is 20.9. The van der Waals surface area contributed by atoms with Crippen molar-refractivity contribution in [3.63, 3.8) is 0 Å². The van der Waals surface area contributed by atoms with E-state index in [2.05, 4.69) is 4.99 Å². The molecular formula is C23H23N3O4S. The maximum absolute atomic E-state index is 13.4. The van der Waals surface area contributed by atoms with Crippen molar-refractivity contribution in [1.82, 2.24) is 4.57 Å². The largest absolute Gasteiger partial charge is 0.472 e. The van der Waals surface area contributed by atoms with E-state index in [1.54, 1.807) is 43.1 Å². The van der Waals surface area contributed by atoms with Gasteiger partial charge in [-0.1, -0.05) is 23.5 Å². The van der Waals surface area contributed by atoms with Gasteiger partial charge in [0.2, 0.25) is 0 Å². The molecule has 0 N–H and O–H groups in total. The number of nitrogens with zero attached hydrogens (tertiary/aromatic N) is 3. The van der Waals surface area contributed by atoms with Crippen molar-refractivity contribution >= 4 is 29.1 Å². The molecule has 160 valence electrons. The maximum atomic E-state index is 13.4. The number of aromatic nitrogens is 1. The Morgan fingerprint density at radius 1 is 1.29 bits per heavy atom. The number of hydrogen-bond acceptors (Lipinski definition) is 7. The quantitative estimate of drug-likeness (QED) is 0.573. The van der Waals surface area contributed by atoms with Gasteiger partial charge in [0.15, 0.2) is 4.80 Å². The van der Waals surface area contributed by atoms with Crippen molar-refractivity contribution in [2.24, 2.45) is 4.99 Å². The second-order valence-electron chi connectivity index (χ2n) is 7.34. The lowest BCUT2D eigenvalue weighted by Crippen LogP contribution is -2.39. The van der Waals surface area contributed by atoms with E-state index in [4.69, 9.17) is 9.15 Å². The first-order valence-corrected chi connectivity index (χ1v) is 10.7. The minimum Gasteiger partial charge on any atom is -0.472 e. The number of ether oxygens (including phenoxy) is 1. The normalized spacial score (nSPS) is 16.1. The van der Waals surface area contributed by atoms with Gasteiger partial charge < -0.3 is 14.1 Å². The van der Waals surface area contributed by atoms with Gasteiger partial charge in [-0.2, -0.15) is 0 Å². The van der Waals surface area contributed by atoms with E-state index in [1.807, 2.05) is 43.3 Å². The van der Waals surface area contributed by atoms with Crippen molar-refractivity contribution in [3.8, 4) is 0 Å². The number of hydrogen-bond donors (Lipinski definition) is 0. The number of allylic oxidation sites excluding steroid dienone is 1. The monoisotopic (exact) mass is 437 g/mol. The van der Waals surface area contributed by atoms with Gasteiger partial charge in [0.25, 0.3) is 5.56 Å². The van der Waals surface area contributed by atoms with Crippen molar-refractivity contribution in [2.45, 2.75) is 19.9 Å². The Morgan fingerprint density at radius 2 is 2.03 bits per heavy atom. The fourth-order valence-electron chi connectivity index (χ4n) is 3.57. The minimum atomic E-state index is -0.613. The number of esters is 1. The first-order valence-electron chi connectivity index (χ1n) is 9.90. The molecule has 0 saturated carbocycles. The predicted octanol–water partition coefficient (Wildman–Crippen LogP) is 2.46. The summed E-state index contributed by atoms with van der Waals surface area (Å²) >= 11 is 1.29. The highest BCUT2D eigenvalue weighted by Crippen LogP contribution is 2.31. The summed E-state index contributed by atoms with van der Waals surface area (Å²) in [6.45, 7) is 3.78. The van der Waals surface area contributed by atoms with Gasteiger partial charge in [-0.25, -0.2) is 9.79 Å². The molecule has 1 aliphatic heterocycles. The fourth-order valence-corrected chi connectivity index (χ4v) is 4.62. The Hall–Kier alpha value is -3.39. The number of anilines is 1. The topological polar surface area (TPSA) is 77.0 Å². The predicted molar refractivity (Wildman–Crippen MR) is 120 cm³/mol. The van der Waals surface area contributed by atoms with Gasteiger partial charge in [-0.3, -0.25) is 9.36 Å². The Balaban J connectivity index is 1.94. The van der Waals surface area contributed by atoms with Crippen LogP contribution in [0.15, 0.2) is 68.3 Å². The highest BCUT2D eigenvalue weighted by atomic mass is 32.1. The zero-order valence-electron chi connectivity index (χ0n) is 17.8. The molecule has 1 aromatic carbocycles. The van der Waals surface area contributed by atoms with Crippen LogP contribution in [0.3, 0.4) is 0 Å². The van der Waals surface area contributed by atoms with Crippen LogP contribution in [0, 0.1) is 0 Å². The third-order valence-electron chi connectivity index (χ3n) is 5.08. The highest BCUT2D eigenvalue weighted by molar-refractivity contribution is 7.07. The zero-order chi connectivity index (χ0) is 22.1. The van der Waals surface area contributed by atoms with Crippen molar-refractivity contribution < 1.29 is 13.9 Å². The smallest absolute Gasteiger partial charge is 0.338 e. The molecule has 1 aliphatic rings. The van der Waals surface area contributed by atoms with Gasteiger partial charge in [-0.05, 0) is 43.7 Å². The zero-order valence-corrected chi connectivity index (χ0v) is 18.6. The molecule has 3 heterocycles. The second-order valence-corrected chi connectivity index (χ2v) is 8.35. The summed E-state index contributed by atoms with van der Waals surface area (Å²) in [7, 11) is 3.92. The molecule has 0 radical (unpaired) electrons. The Kier molecular flexibility index (Phi) is 5.65. The fraction of sp³-hybridized carbons (Fsp3) is 0.261. The number of rotatable bonds is 5. The standard InChI is InChI=1S/C23H23N3O4S/c1-5-30-22(28)19-14(2)24-23-26(20(19)16-6-8-17(9-7-16)25(3)4)21(27)18(31-23)12-15-10-11-29-13-15/h6-13,20H,5H2,1-4H3/b18-12-/t20-/m1/s1. The van der Waals surface area contributed by atoms with Crippen LogP contribution in [0.25, 0.3) is 6.08 Å². The van der Waals surface area contributed by atoms with Crippen molar-refractivity contribution in [3.05, 3.63) is 84.9 Å².